The van der Waals surface area contributed by atoms with Crippen LogP contribution in [-0.2, 0) is 0 Å². The molecule has 35 heavy (non-hydrogen) atoms. The van der Waals surface area contributed by atoms with Crippen molar-refractivity contribution in [3.63, 3.8) is 0 Å². The highest BCUT2D eigenvalue weighted by molar-refractivity contribution is 6.13. The van der Waals surface area contributed by atoms with E-state index >= 15 is 0 Å². The number of pyridine rings is 1. The lowest BCUT2D eigenvalue weighted by Crippen LogP contribution is -2.47. The SMILES string of the molecule is COc1cccc(C(=N)c2cccnc2NC2CCCN(C(=O)Nc3ccc(N(C)C)cc3)C2)c1.[HH]. The molecule has 184 valence electrons. The number of aromatic nitrogens is 1. The van der Waals surface area contributed by atoms with Crippen LogP contribution in [0.15, 0.2) is 66.9 Å². The predicted molar refractivity (Wildman–Crippen MR) is 143 cm³/mol. The highest BCUT2D eigenvalue weighted by Crippen LogP contribution is 2.23. The summed E-state index contributed by atoms with van der Waals surface area (Å²) >= 11 is 0. The molecule has 0 saturated carbocycles. The molecular formula is C27H34N6O2. The van der Waals surface area contributed by atoms with Crippen molar-refractivity contribution in [3.8, 4) is 5.75 Å². The van der Waals surface area contributed by atoms with Crippen molar-refractivity contribution in [3.05, 3.63) is 78.0 Å². The number of amides is 2. The summed E-state index contributed by atoms with van der Waals surface area (Å²) in [6, 6.07) is 18.9. The first-order valence-corrected chi connectivity index (χ1v) is 11.7. The smallest absolute Gasteiger partial charge is 0.321 e. The molecule has 0 bridgehead atoms. The van der Waals surface area contributed by atoms with Gasteiger partial charge in [0.05, 0.1) is 12.8 Å². The lowest BCUT2D eigenvalue weighted by atomic mass is 10.0. The van der Waals surface area contributed by atoms with Crippen LogP contribution in [0.5, 0.6) is 5.75 Å². The van der Waals surface area contributed by atoms with Crippen LogP contribution in [0.25, 0.3) is 0 Å². The number of carbonyl (C=O) groups excluding carboxylic acids is 1. The van der Waals surface area contributed by atoms with Gasteiger partial charge in [-0.25, -0.2) is 9.78 Å². The van der Waals surface area contributed by atoms with E-state index in [4.69, 9.17) is 10.1 Å². The summed E-state index contributed by atoms with van der Waals surface area (Å²) < 4.78 is 5.31. The molecule has 8 heteroatoms. The molecule has 4 rings (SSSR count). The number of benzene rings is 2. The van der Waals surface area contributed by atoms with Crippen LogP contribution < -0.4 is 20.3 Å². The fraction of sp³-hybridized carbons (Fsp3) is 0.296. The van der Waals surface area contributed by atoms with E-state index in [9.17, 15) is 4.79 Å². The van der Waals surface area contributed by atoms with Gasteiger partial charge in [0.1, 0.15) is 11.6 Å². The number of carbonyl (C=O) groups is 1. The summed E-state index contributed by atoms with van der Waals surface area (Å²) in [5.74, 6) is 1.35. The third-order valence-corrected chi connectivity index (χ3v) is 6.12. The van der Waals surface area contributed by atoms with Crippen molar-refractivity contribution < 1.29 is 11.0 Å². The molecule has 1 saturated heterocycles. The quantitative estimate of drug-likeness (QED) is 0.422. The van der Waals surface area contributed by atoms with Crippen molar-refractivity contribution in [1.29, 1.82) is 5.41 Å². The summed E-state index contributed by atoms with van der Waals surface area (Å²) in [7, 11) is 5.59. The fourth-order valence-corrected chi connectivity index (χ4v) is 4.17. The van der Waals surface area contributed by atoms with E-state index in [0.29, 0.717) is 35.9 Å². The van der Waals surface area contributed by atoms with Gasteiger partial charge in [0.15, 0.2) is 0 Å². The number of hydrogen-bond donors (Lipinski definition) is 3. The lowest BCUT2D eigenvalue weighted by Gasteiger charge is -2.33. The molecule has 1 atom stereocenters. The summed E-state index contributed by atoms with van der Waals surface area (Å²) in [4.78, 5) is 21.3. The third-order valence-electron chi connectivity index (χ3n) is 6.12. The zero-order valence-corrected chi connectivity index (χ0v) is 20.4. The van der Waals surface area contributed by atoms with Gasteiger partial charge in [0, 0.05) is 63.4 Å². The molecule has 1 aromatic heterocycles. The van der Waals surface area contributed by atoms with E-state index in [1.165, 1.54) is 0 Å². The maximum absolute atomic E-state index is 12.9. The monoisotopic (exact) mass is 474 g/mol. The number of methoxy groups -OCH3 is 1. The molecule has 1 unspecified atom stereocenters. The molecule has 2 amide bonds. The average Bonchev–Trinajstić information content (AvgIpc) is 2.89. The minimum Gasteiger partial charge on any atom is -0.497 e. The first kappa shape index (κ1) is 24.1. The Morgan fingerprint density at radius 1 is 1.17 bits per heavy atom. The molecule has 3 N–H and O–H groups in total. The second-order valence-corrected chi connectivity index (χ2v) is 8.81. The number of likely N-dealkylation sites (tertiary alicyclic amines) is 1. The third kappa shape index (κ3) is 5.90. The van der Waals surface area contributed by atoms with Crippen molar-refractivity contribution in [2.24, 2.45) is 0 Å². The standard InChI is InChI=1S/C27H32N6O2.H2/c1-32(2)22-13-11-20(12-14-22)31-27(34)33-16-6-8-21(18-33)30-26-24(10-5-15-29-26)25(28)19-7-4-9-23(17-19)35-3;/h4-5,7,9-15,17,21,28H,6,8,16,18H2,1-3H3,(H,29,30)(H,31,34);1H. The Bertz CT molecular complexity index is 1180. The van der Waals surface area contributed by atoms with Crippen LogP contribution in [0.1, 0.15) is 25.4 Å². The van der Waals surface area contributed by atoms with Crippen LogP contribution in [0.4, 0.5) is 22.0 Å². The Kier molecular flexibility index (Phi) is 7.50. The Hall–Kier alpha value is -4.07. The summed E-state index contributed by atoms with van der Waals surface area (Å²) in [6.45, 7) is 1.26. The summed E-state index contributed by atoms with van der Waals surface area (Å²) in [5, 5.41) is 15.3. The molecule has 1 aliphatic heterocycles. The minimum atomic E-state index is -0.112. The largest absolute Gasteiger partial charge is 0.497 e. The highest BCUT2D eigenvalue weighted by Gasteiger charge is 2.25. The first-order valence-electron chi connectivity index (χ1n) is 11.7. The minimum absolute atomic E-state index is 0. The maximum atomic E-state index is 12.9. The number of nitrogens with one attached hydrogen (secondary N) is 3. The lowest BCUT2D eigenvalue weighted by molar-refractivity contribution is 0.196. The Labute approximate surface area is 207 Å². The van der Waals surface area contributed by atoms with E-state index in [1.807, 2.05) is 84.6 Å². The van der Waals surface area contributed by atoms with Gasteiger partial charge in [0.2, 0.25) is 0 Å². The van der Waals surface area contributed by atoms with E-state index in [1.54, 1.807) is 13.3 Å². The Morgan fingerprint density at radius 3 is 2.71 bits per heavy atom. The van der Waals surface area contributed by atoms with Crippen LogP contribution in [0.2, 0.25) is 0 Å². The van der Waals surface area contributed by atoms with Crippen LogP contribution in [0, 0.1) is 5.41 Å². The maximum Gasteiger partial charge on any atom is 0.321 e. The van der Waals surface area contributed by atoms with E-state index < -0.39 is 0 Å². The molecule has 0 radical (unpaired) electrons. The van der Waals surface area contributed by atoms with Gasteiger partial charge in [-0.2, -0.15) is 0 Å². The second-order valence-electron chi connectivity index (χ2n) is 8.81. The Morgan fingerprint density at radius 2 is 1.97 bits per heavy atom. The number of piperidine rings is 1. The van der Waals surface area contributed by atoms with Crippen molar-refractivity contribution in [2.75, 3.05) is 49.8 Å². The number of rotatable bonds is 7. The molecule has 1 aliphatic rings. The van der Waals surface area contributed by atoms with Gasteiger partial charge in [-0.3, -0.25) is 5.41 Å². The first-order chi connectivity index (χ1) is 16.9. The van der Waals surface area contributed by atoms with Gasteiger partial charge >= 0.3 is 6.03 Å². The molecule has 3 aromatic rings. The van der Waals surface area contributed by atoms with Gasteiger partial charge in [0.25, 0.3) is 0 Å². The molecule has 8 nitrogen and oxygen atoms in total. The van der Waals surface area contributed by atoms with Crippen LogP contribution in [0.3, 0.4) is 0 Å². The molecule has 2 aromatic carbocycles. The highest BCUT2D eigenvalue weighted by atomic mass is 16.5. The molecule has 2 heterocycles. The van der Waals surface area contributed by atoms with Gasteiger partial charge in [-0.05, 0) is 61.4 Å². The zero-order valence-electron chi connectivity index (χ0n) is 20.4. The topological polar surface area (TPSA) is 93.6 Å². The van der Waals surface area contributed by atoms with Crippen LogP contribution >= 0.6 is 0 Å². The molecule has 1 fully saturated rings. The van der Waals surface area contributed by atoms with E-state index in [2.05, 4.69) is 15.6 Å². The normalized spacial score (nSPS) is 15.3. The molecule has 0 aliphatic carbocycles. The number of ether oxygens (including phenoxy) is 1. The van der Waals surface area contributed by atoms with Crippen molar-refractivity contribution in [1.82, 2.24) is 9.88 Å². The van der Waals surface area contributed by atoms with Gasteiger partial charge in [-0.1, -0.05) is 12.1 Å². The molecular weight excluding hydrogens is 440 g/mol. The number of urea groups is 1. The van der Waals surface area contributed by atoms with Crippen molar-refractivity contribution in [2.45, 2.75) is 18.9 Å². The average molecular weight is 475 g/mol. The van der Waals surface area contributed by atoms with Gasteiger partial charge in [-0.15, -0.1) is 0 Å². The zero-order chi connectivity index (χ0) is 24.8. The summed E-state index contributed by atoms with van der Waals surface area (Å²) in [5.41, 5.74) is 3.69. The predicted octanol–water partition coefficient (Wildman–Crippen LogP) is 4.93. The number of hydrogen-bond acceptors (Lipinski definition) is 6. The van der Waals surface area contributed by atoms with E-state index in [-0.39, 0.29) is 13.5 Å². The van der Waals surface area contributed by atoms with E-state index in [0.717, 1.165) is 29.8 Å². The van der Waals surface area contributed by atoms with Gasteiger partial charge < -0.3 is 25.2 Å². The van der Waals surface area contributed by atoms with Crippen molar-refractivity contribution >= 4 is 28.9 Å². The molecule has 0 spiro atoms. The van der Waals surface area contributed by atoms with Crippen LogP contribution in [-0.4, -0.2) is 62.0 Å². The number of anilines is 3. The second kappa shape index (κ2) is 10.9. The summed E-state index contributed by atoms with van der Waals surface area (Å²) in [6.07, 6.45) is 3.53. The Balaban J connectivity index is 0.00000361. The number of nitrogens with zero attached hydrogens (tertiary/aromatic N) is 3. The fourth-order valence-electron chi connectivity index (χ4n) is 4.17.